The molecule has 0 aliphatic carbocycles. The number of carbonyl (C=O) groups excluding carboxylic acids is 2. The first kappa shape index (κ1) is 15.2. The molecule has 3 rings (SSSR count). The number of aromatic nitrogens is 3. The molecule has 0 saturated carbocycles. The Morgan fingerprint density at radius 2 is 2.13 bits per heavy atom. The molecular formula is C16H19N5O2. The van der Waals surface area contributed by atoms with Gasteiger partial charge in [0.2, 0.25) is 5.91 Å². The summed E-state index contributed by atoms with van der Waals surface area (Å²) in [5.41, 5.74) is 1.27. The van der Waals surface area contributed by atoms with E-state index in [4.69, 9.17) is 0 Å². The van der Waals surface area contributed by atoms with E-state index in [0.29, 0.717) is 24.4 Å². The molecule has 2 heterocycles. The van der Waals surface area contributed by atoms with Gasteiger partial charge in [0, 0.05) is 31.8 Å². The van der Waals surface area contributed by atoms with Gasteiger partial charge in [0.1, 0.15) is 11.9 Å². The molecule has 7 heteroatoms. The van der Waals surface area contributed by atoms with E-state index in [0.717, 1.165) is 11.4 Å². The molecule has 2 amide bonds. The highest BCUT2D eigenvalue weighted by molar-refractivity contribution is 5.98. The van der Waals surface area contributed by atoms with E-state index in [2.05, 4.69) is 15.4 Å². The lowest BCUT2D eigenvalue weighted by Crippen LogP contribution is -2.40. The second-order valence-corrected chi connectivity index (χ2v) is 5.76. The summed E-state index contributed by atoms with van der Waals surface area (Å²) in [5, 5.41) is 7.11. The second kappa shape index (κ2) is 5.83. The van der Waals surface area contributed by atoms with Gasteiger partial charge in [0.25, 0.3) is 5.91 Å². The van der Waals surface area contributed by atoms with Gasteiger partial charge in [-0.05, 0) is 25.5 Å². The first-order valence-electron chi connectivity index (χ1n) is 7.49. The summed E-state index contributed by atoms with van der Waals surface area (Å²) in [6.45, 7) is 2.54. The zero-order valence-electron chi connectivity index (χ0n) is 13.4. The smallest absolute Gasteiger partial charge is 0.251 e. The first-order valence-corrected chi connectivity index (χ1v) is 7.49. The molecule has 1 N–H and O–H groups in total. The van der Waals surface area contributed by atoms with Crippen LogP contribution in [0, 0.1) is 6.92 Å². The summed E-state index contributed by atoms with van der Waals surface area (Å²) in [5.74, 6) is 1.08. The highest BCUT2D eigenvalue weighted by Crippen LogP contribution is 2.17. The van der Waals surface area contributed by atoms with E-state index < -0.39 is 6.04 Å². The lowest BCUT2D eigenvalue weighted by Gasteiger charge is -2.12. The van der Waals surface area contributed by atoms with Gasteiger partial charge in [-0.3, -0.25) is 14.3 Å². The molecule has 1 atom stereocenters. The van der Waals surface area contributed by atoms with Gasteiger partial charge in [0.15, 0.2) is 5.82 Å². The molecule has 1 aromatic heterocycles. The number of aryl methyl sites for hydroxylation is 2. The van der Waals surface area contributed by atoms with E-state index in [1.165, 1.54) is 0 Å². The summed E-state index contributed by atoms with van der Waals surface area (Å²) in [4.78, 5) is 30.3. The molecule has 0 unspecified atom stereocenters. The minimum absolute atomic E-state index is 0.0449. The Balaban J connectivity index is 1.79. The predicted molar refractivity (Wildman–Crippen MR) is 84.7 cm³/mol. The van der Waals surface area contributed by atoms with E-state index in [9.17, 15) is 9.59 Å². The normalized spacial score (nSPS) is 17.6. The molecule has 7 nitrogen and oxygen atoms in total. The van der Waals surface area contributed by atoms with Crippen molar-refractivity contribution in [3.63, 3.8) is 0 Å². The van der Waals surface area contributed by atoms with Gasteiger partial charge in [-0.2, -0.15) is 5.10 Å². The molecule has 1 aromatic carbocycles. The first-order chi connectivity index (χ1) is 11.0. The second-order valence-electron chi connectivity index (χ2n) is 5.76. The maximum absolute atomic E-state index is 12.4. The van der Waals surface area contributed by atoms with Crippen molar-refractivity contribution >= 4 is 11.8 Å². The summed E-state index contributed by atoms with van der Waals surface area (Å²) < 4.78 is 1.69. The Hall–Kier alpha value is -2.70. The average molecular weight is 313 g/mol. The zero-order chi connectivity index (χ0) is 16.6. The third-order valence-corrected chi connectivity index (χ3v) is 4.10. The Morgan fingerprint density at radius 3 is 2.74 bits per heavy atom. The molecule has 0 radical (unpaired) electrons. The number of likely N-dealkylation sites (N-methyl/N-ethyl adjacent to an activating group) is 1. The highest BCUT2D eigenvalue weighted by atomic mass is 16.2. The monoisotopic (exact) mass is 313 g/mol. The van der Waals surface area contributed by atoms with Crippen LogP contribution in [0.5, 0.6) is 0 Å². The van der Waals surface area contributed by atoms with Crippen LogP contribution in [0.2, 0.25) is 0 Å². The van der Waals surface area contributed by atoms with Crippen LogP contribution in [0.3, 0.4) is 0 Å². The van der Waals surface area contributed by atoms with E-state index in [-0.39, 0.29) is 11.8 Å². The summed E-state index contributed by atoms with van der Waals surface area (Å²) in [6.07, 6.45) is 0.641. The topological polar surface area (TPSA) is 80.1 Å². The number of amides is 2. The van der Waals surface area contributed by atoms with Crippen molar-refractivity contribution in [3.8, 4) is 11.4 Å². The van der Waals surface area contributed by atoms with Crippen LogP contribution >= 0.6 is 0 Å². The average Bonchev–Trinajstić information content (AvgIpc) is 3.04. The lowest BCUT2D eigenvalue weighted by molar-refractivity contribution is -0.128. The fraction of sp³-hybridized carbons (Fsp3) is 0.375. The fourth-order valence-electron chi connectivity index (χ4n) is 2.58. The number of benzene rings is 1. The summed E-state index contributed by atoms with van der Waals surface area (Å²) >= 11 is 0. The molecule has 0 bridgehead atoms. The number of nitrogens with one attached hydrogen (secondary N) is 1. The number of likely N-dealkylation sites (tertiary alicyclic amines) is 1. The molecule has 23 heavy (non-hydrogen) atoms. The summed E-state index contributed by atoms with van der Waals surface area (Å²) in [7, 11) is 3.56. The largest absolute Gasteiger partial charge is 0.344 e. The summed E-state index contributed by atoms with van der Waals surface area (Å²) in [6, 6.07) is 6.68. The van der Waals surface area contributed by atoms with Crippen LogP contribution in [0.25, 0.3) is 11.4 Å². The minimum Gasteiger partial charge on any atom is -0.344 e. The Morgan fingerprint density at radius 1 is 1.35 bits per heavy atom. The van der Waals surface area contributed by atoms with Gasteiger partial charge in [0.05, 0.1) is 0 Å². The molecule has 0 spiro atoms. The number of hydrogen-bond donors (Lipinski definition) is 1. The fourth-order valence-corrected chi connectivity index (χ4v) is 2.58. The molecule has 1 saturated heterocycles. The van der Waals surface area contributed by atoms with Crippen LogP contribution < -0.4 is 5.32 Å². The molecule has 1 aliphatic heterocycles. The molecular weight excluding hydrogens is 294 g/mol. The van der Waals surface area contributed by atoms with E-state index in [1.807, 2.05) is 20.0 Å². The van der Waals surface area contributed by atoms with Crippen molar-refractivity contribution in [2.75, 3.05) is 13.6 Å². The van der Waals surface area contributed by atoms with Crippen LogP contribution in [0.15, 0.2) is 24.3 Å². The zero-order valence-corrected chi connectivity index (χ0v) is 13.4. The number of carbonyl (C=O) groups is 2. The molecule has 1 aliphatic rings. The minimum atomic E-state index is -0.439. The Kier molecular flexibility index (Phi) is 3.85. The molecule has 120 valence electrons. The van der Waals surface area contributed by atoms with Gasteiger partial charge in [-0.15, -0.1) is 0 Å². The van der Waals surface area contributed by atoms with Gasteiger partial charge in [-0.1, -0.05) is 12.1 Å². The van der Waals surface area contributed by atoms with E-state index >= 15 is 0 Å². The van der Waals surface area contributed by atoms with Crippen molar-refractivity contribution in [1.82, 2.24) is 25.0 Å². The number of rotatable bonds is 3. The van der Waals surface area contributed by atoms with Crippen molar-refractivity contribution in [3.05, 3.63) is 35.7 Å². The lowest BCUT2D eigenvalue weighted by atomic mass is 10.1. The molecule has 2 aromatic rings. The number of hydrogen-bond acceptors (Lipinski definition) is 4. The third-order valence-electron chi connectivity index (χ3n) is 4.10. The van der Waals surface area contributed by atoms with Gasteiger partial charge >= 0.3 is 0 Å². The third kappa shape index (κ3) is 2.94. The SMILES string of the molecule is Cc1nc(-c2cccc(C(=O)N[C@@H]3CCN(C)C3=O)c2)nn1C. The quantitative estimate of drug-likeness (QED) is 0.907. The van der Waals surface area contributed by atoms with Crippen molar-refractivity contribution in [2.24, 2.45) is 7.05 Å². The van der Waals surface area contributed by atoms with Crippen LogP contribution in [-0.4, -0.2) is 51.1 Å². The van der Waals surface area contributed by atoms with Crippen LogP contribution in [-0.2, 0) is 11.8 Å². The van der Waals surface area contributed by atoms with Crippen molar-refractivity contribution in [1.29, 1.82) is 0 Å². The van der Waals surface area contributed by atoms with Crippen molar-refractivity contribution in [2.45, 2.75) is 19.4 Å². The highest BCUT2D eigenvalue weighted by Gasteiger charge is 2.30. The van der Waals surface area contributed by atoms with Crippen LogP contribution in [0.4, 0.5) is 0 Å². The van der Waals surface area contributed by atoms with E-state index in [1.54, 1.807) is 34.8 Å². The predicted octanol–water partition coefficient (Wildman–Crippen LogP) is 0.751. The Labute approximate surface area is 134 Å². The maximum Gasteiger partial charge on any atom is 0.251 e. The number of nitrogens with zero attached hydrogens (tertiary/aromatic N) is 4. The van der Waals surface area contributed by atoms with Gasteiger partial charge in [-0.25, -0.2) is 4.98 Å². The van der Waals surface area contributed by atoms with Gasteiger partial charge < -0.3 is 10.2 Å². The van der Waals surface area contributed by atoms with Crippen LogP contribution in [0.1, 0.15) is 22.6 Å². The standard InChI is InChI=1S/C16H19N5O2/c1-10-17-14(19-21(10)3)11-5-4-6-12(9-11)15(22)18-13-7-8-20(2)16(13)23/h4-6,9,13H,7-8H2,1-3H3,(H,18,22)/t13-/m1/s1. The maximum atomic E-state index is 12.4. The molecule has 1 fully saturated rings. The Bertz CT molecular complexity index is 748. The van der Waals surface area contributed by atoms with Crippen molar-refractivity contribution < 1.29 is 9.59 Å².